The molecule has 158 valence electrons. The maximum Gasteiger partial charge on any atom is 0.236 e. The molecule has 3 saturated heterocycles. The highest BCUT2D eigenvalue weighted by molar-refractivity contribution is 5.78. The molecule has 1 saturated carbocycles. The van der Waals surface area contributed by atoms with Gasteiger partial charge in [0.25, 0.3) is 0 Å². The van der Waals surface area contributed by atoms with Crippen LogP contribution in [0.2, 0.25) is 0 Å². The van der Waals surface area contributed by atoms with Crippen LogP contribution in [0.3, 0.4) is 0 Å². The second-order valence-electron chi connectivity index (χ2n) is 9.56. The Morgan fingerprint density at radius 3 is 2.38 bits per heavy atom. The first-order chi connectivity index (χ1) is 14.3. The van der Waals surface area contributed by atoms with Crippen molar-refractivity contribution in [2.45, 2.75) is 50.6 Å². The monoisotopic (exact) mass is 397 g/mol. The van der Waals surface area contributed by atoms with E-state index in [4.69, 9.17) is 4.74 Å². The molecule has 1 aliphatic carbocycles. The van der Waals surface area contributed by atoms with Crippen LogP contribution < -0.4 is 0 Å². The standard InChI is InChI=1S/C24H35N3O2/c28-22(18-25-14-16-29-17-15-25)26-12-8-21(9-13-26)27-19-24(10-4-5-11-24)23(27)20-6-2-1-3-7-20/h1-3,6-7,21,23H,4-5,8-19H2. The summed E-state index contributed by atoms with van der Waals surface area (Å²) in [6.45, 7) is 6.94. The molecule has 3 heterocycles. The lowest BCUT2D eigenvalue weighted by Crippen LogP contribution is -2.62. The number of benzene rings is 1. The van der Waals surface area contributed by atoms with Gasteiger partial charge in [-0.15, -0.1) is 0 Å². The van der Waals surface area contributed by atoms with Gasteiger partial charge in [0.05, 0.1) is 19.8 Å². The van der Waals surface area contributed by atoms with Crippen LogP contribution in [0.1, 0.15) is 50.1 Å². The molecule has 5 rings (SSSR count). The average Bonchev–Trinajstić information content (AvgIpc) is 3.26. The van der Waals surface area contributed by atoms with E-state index in [1.807, 2.05) is 0 Å². The lowest BCUT2D eigenvalue weighted by atomic mass is 9.66. The van der Waals surface area contributed by atoms with Crippen molar-refractivity contribution in [3.8, 4) is 0 Å². The Hall–Kier alpha value is -1.43. The fraction of sp³-hybridized carbons (Fsp3) is 0.708. The smallest absolute Gasteiger partial charge is 0.236 e. The molecule has 4 aliphatic rings. The largest absolute Gasteiger partial charge is 0.379 e. The van der Waals surface area contributed by atoms with E-state index in [-0.39, 0.29) is 0 Å². The predicted octanol–water partition coefficient (Wildman–Crippen LogP) is 2.93. The van der Waals surface area contributed by atoms with Crippen LogP contribution in [0.4, 0.5) is 0 Å². The Bertz CT molecular complexity index is 689. The maximum atomic E-state index is 12.7. The minimum Gasteiger partial charge on any atom is -0.379 e. The Morgan fingerprint density at radius 1 is 1.00 bits per heavy atom. The lowest BCUT2D eigenvalue weighted by Gasteiger charge is -2.60. The van der Waals surface area contributed by atoms with Crippen molar-refractivity contribution in [1.29, 1.82) is 0 Å². The number of rotatable bonds is 4. The number of carbonyl (C=O) groups is 1. The van der Waals surface area contributed by atoms with E-state index in [0.717, 1.165) is 52.2 Å². The van der Waals surface area contributed by atoms with Crippen LogP contribution >= 0.6 is 0 Å². The molecule has 1 aromatic carbocycles. The number of piperidine rings is 1. The van der Waals surface area contributed by atoms with Gasteiger partial charge in [-0.1, -0.05) is 43.2 Å². The van der Waals surface area contributed by atoms with Crippen LogP contribution in [0.5, 0.6) is 0 Å². The van der Waals surface area contributed by atoms with Crippen molar-refractivity contribution in [1.82, 2.24) is 14.7 Å². The summed E-state index contributed by atoms with van der Waals surface area (Å²) in [7, 11) is 0. The van der Waals surface area contributed by atoms with Crippen LogP contribution in [-0.2, 0) is 9.53 Å². The minimum atomic E-state index is 0.306. The van der Waals surface area contributed by atoms with Gasteiger partial charge in [-0.25, -0.2) is 0 Å². The van der Waals surface area contributed by atoms with E-state index in [9.17, 15) is 4.79 Å². The summed E-state index contributed by atoms with van der Waals surface area (Å²) in [5, 5.41) is 0. The van der Waals surface area contributed by atoms with Gasteiger partial charge in [0.1, 0.15) is 0 Å². The quantitative estimate of drug-likeness (QED) is 0.783. The highest BCUT2D eigenvalue weighted by Crippen LogP contribution is 2.59. The molecule has 5 heteroatoms. The van der Waals surface area contributed by atoms with Gasteiger partial charge in [0.2, 0.25) is 5.91 Å². The molecular weight excluding hydrogens is 362 g/mol. The Balaban J connectivity index is 1.20. The summed E-state index contributed by atoms with van der Waals surface area (Å²) in [5.41, 5.74) is 2.02. The van der Waals surface area contributed by atoms with E-state index in [1.165, 1.54) is 37.8 Å². The van der Waals surface area contributed by atoms with E-state index in [1.54, 1.807) is 0 Å². The number of ether oxygens (including phenoxy) is 1. The molecule has 1 atom stereocenters. The molecular formula is C24H35N3O2. The van der Waals surface area contributed by atoms with Gasteiger partial charge >= 0.3 is 0 Å². The molecule has 0 radical (unpaired) electrons. The van der Waals surface area contributed by atoms with E-state index in [0.29, 0.717) is 30.0 Å². The lowest BCUT2D eigenvalue weighted by molar-refractivity contribution is -0.139. The predicted molar refractivity (Wildman–Crippen MR) is 114 cm³/mol. The molecule has 0 bridgehead atoms. The molecule has 1 aromatic rings. The van der Waals surface area contributed by atoms with Gasteiger partial charge in [0, 0.05) is 50.2 Å². The van der Waals surface area contributed by atoms with Crippen molar-refractivity contribution in [3.63, 3.8) is 0 Å². The maximum absolute atomic E-state index is 12.7. The van der Waals surface area contributed by atoms with Crippen molar-refractivity contribution in [3.05, 3.63) is 35.9 Å². The van der Waals surface area contributed by atoms with Crippen LogP contribution in [0.15, 0.2) is 30.3 Å². The molecule has 29 heavy (non-hydrogen) atoms. The van der Waals surface area contributed by atoms with Crippen molar-refractivity contribution in [2.24, 2.45) is 5.41 Å². The number of likely N-dealkylation sites (tertiary alicyclic amines) is 2. The van der Waals surface area contributed by atoms with Gasteiger partial charge in [-0.2, -0.15) is 0 Å². The minimum absolute atomic E-state index is 0.306. The molecule has 1 unspecified atom stereocenters. The van der Waals surface area contributed by atoms with Crippen LogP contribution in [-0.4, -0.2) is 79.1 Å². The number of hydrogen-bond acceptors (Lipinski definition) is 4. The summed E-state index contributed by atoms with van der Waals surface area (Å²) < 4.78 is 5.40. The second-order valence-corrected chi connectivity index (χ2v) is 9.56. The highest BCUT2D eigenvalue weighted by atomic mass is 16.5. The van der Waals surface area contributed by atoms with Crippen LogP contribution in [0.25, 0.3) is 0 Å². The first-order valence-corrected chi connectivity index (χ1v) is 11.6. The third-order valence-corrected chi connectivity index (χ3v) is 7.87. The summed E-state index contributed by atoms with van der Waals surface area (Å²) >= 11 is 0. The van der Waals surface area contributed by atoms with Gasteiger partial charge < -0.3 is 9.64 Å². The first kappa shape index (κ1) is 19.5. The Kier molecular flexibility index (Phi) is 5.63. The zero-order valence-electron chi connectivity index (χ0n) is 17.6. The molecule has 0 N–H and O–H groups in total. The highest BCUT2D eigenvalue weighted by Gasteiger charge is 2.55. The number of amides is 1. The summed E-state index contributed by atoms with van der Waals surface area (Å²) in [6.07, 6.45) is 7.81. The zero-order valence-corrected chi connectivity index (χ0v) is 17.6. The molecule has 1 amide bonds. The summed E-state index contributed by atoms with van der Waals surface area (Å²) in [6, 6.07) is 12.4. The van der Waals surface area contributed by atoms with Gasteiger partial charge in [-0.3, -0.25) is 14.6 Å². The second kappa shape index (κ2) is 8.37. The SMILES string of the molecule is O=C(CN1CCOCC1)N1CCC(N2CC3(CCCC3)C2c2ccccc2)CC1. The average molecular weight is 398 g/mol. The molecule has 5 nitrogen and oxygen atoms in total. The van der Waals surface area contributed by atoms with Crippen molar-refractivity contribution in [2.75, 3.05) is 52.5 Å². The molecule has 4 fully saturated rings. The fourth-order valence-electron chi connectivity index (χ4n) is 6.31. The first-order valence-electron chi connectivity index (χ1n) is 11.6. The third kappa shape index (κ3) is 3.85. The molecule has 1 spiro atoms. The van der Waals surface area contributed by atoms with Gasteiger partial charge in [-0.05, 0) is 31.2 Å². The molecule has 3 aliphatic heterocycles. The molecule has 0 aromatic heterocycles. The number of nitrogens with zero attached hydrogens (tertiary/aromatic N) is 3. The van der Waals surface area contributed by atoms with Gasteiger partial charge in [0.15, 0.2) is 0 Å². The Morgan fingerprint density at radius 2 is 1.69 bits per heavy atom. The normalized spacial score (nSPS) is 28.6. The summed E-state index contributed by atoms with van der Waals surface area (Å²) in [5.74, 6) is 0.306. The zero-order chi connectivity index (χ0) is 19.7. The number of morpholine rings is 1. The Labute approximate surface area is 175 Å². The topological polar surface area (TPSA) is 36.0 Å². The number of hydrogen-bond donors (Lipinski definition) is 0. The van der Waals surface area contributed by atoms with Crippen LogP contribution in [0, 0.1) is 5.41 Å². The van der Waals surface area contributed by atoms with Crippen molar-refractivity contribution < 1.29 is 9.53 Å². The third-order valence-electron chi connectivity index (χ3n) is 7.87. The summed E-state index contributed by atoms with van der Waals surface area (Å²) in [4.78, 5) is 19.9. The number of carbonyl (C=O) groups excluding carboxylic acids is 1. The fourth-order valence-corrected chi connectivity index (χ4v) is 6.31. The van der Waals surface area contributed by atoms with E-state index < -0.39 is 0 Å². The van der Waals surface area contributed by atoms with E-state index >= 15 is 0 Å². The van der Waals surface area contributed by atoms with E-state index in [2.05, 4.69) is 45.0 Å². The van der Waals surface area contributed by atoms with Crippen molar-refractivity contribution >= 4 is 5.91 Å².